The number of hydrogen-bond acceptors (Lipinski definition) is 5. The van der Waals surface area contributed by atoms with Gasteiger partial charge in [-0.05, 0) is 43.9 Å². The molecule has 1 heterocycles. The van der Waals surface area contributed by atoms with E-state index >= 15 is 0 Å². The summed E-state index contributed by atoms with van der Waals surface area (Å²) in [4.78, 5) is 7.10. The van der Waals surface area contributed by atoms with Crippen molar-refractivity contribution in [1.82, 2.24) is 10.6 Å². The molecule has 1 aliphatic heterocycles. The SMILES string of the molecule is CCNC(=NCc1cc(C)c(O)c(C)c1)NC1CCN(c2cc(OC)cc(OC)c2)C1. The van der Waals surface area contributed by atoms with Gasteiger partial charge in [0.25, 0.3) is 0 Å². The van der Waals surface area contributed by atoms with Gasteiger partial charge >= 0.3 is 0 Å². The number of benzene rings is 2. The molecule has 0 spiro atoms. The van der Waals surface area contributed by atoms with Crippen LogP contribution in [0.3, 0.4) is 0 Å². The lowest BCUT2D eigenvalue weighted by Gasteiger charge is -2.21. The minimum Gasteiger partial charge on any atom is -0.507 e. The summed E-state index contributed by atoms with van der Waals surface area (Å²) in [6, 6.07) is 10.2. The average molecular weight is 427 g/mol. The Morgan fingerprint density at radius 2 is 1.74 bits per heavy atom. The zero-order valence-corrected chi connectivity index (χ0v) is 19.2. The van der Waals surface area contributed by atoms with E-state index in [0.717, 1.165) is 65.9 Å². The van der Waals surface area contributed by atoms with E-state index in [2.05, 4.69) is 22.5 Å². The number of phenols is 1. The highest BCUT2D eigenvalue weighted by molar-refractivity contribution is 5.80. The van der Waals surface area contributed by atoms with E-state index in [9.17, 15) is 5.11 Å². The van der Waals surface area contributed by atoms with Crippen LogP contribution in [0.5, 0.6) is 17.2 Å². The summed E-state index contributed by atoms with van der Waals surface area (Å²) < 4.78 is 10.8. The summed E-state index contributed by atoms with van der Waals surface area (Å²) in [7, 11) is 3.34. The molecule has 2 aromatic carbocycles. The van der Waals surface area contributed by atoms with Crippen molar-refractivity contribution >= 4 is 11.6 Å². The highest BCUT2D eigenvalue weighted by atomic mass is 16.5. The number of anilines is 1. The van der Waals surface area contributed by atoms with Crippen LogP contribution in [-0.4, -0.2) is 51.0 Å². The Hall–Kier alpha value is -3.09. The highest BCUT2D eigenvalue weighted by Crippen LogP contribution is 2.30. The molecular formula is C24H34N4O3. The molecule has 0 saturated carbocycles. The van der Waals surface area contributed by atoms with Crippen LogP contribution in [0.15, 0.2) is 35.3 Å². The maximum absolute atomic E-state index is 9.99. The van der Waals surface area contributed by atoms with Gasteiger partial charge < -0.3 is 30.1 Å². The summed E-state index contributed by atoms with van der Waals surface area (Å²) >= 11 is 0. The topological polar surface area (TPSA) is 78.4 Å². The number of hydrogen-bond donors (Lipinski definition) is 3. The van der Waals surface area contributed by atoms with Crippen LogP contribution < -0.4 is 25.0 Å². The lowest BCUT2D eigenvalue weighted by molar-refractivity contribution is 0.394. The Morgan fingerprint density at radius 1 is 1.10 bits per heavy atom. The van der Waals surface area contributed by atoms with Crippen LogP contribution in [0, 0.1) is 13.8 Å². The van der Waals surface area contributed by atoms with E-state index in [1.807, 2.05) is 44.2 Å². The Balaban J connectivity index is 1.67. The zero-order valence-electron chi connectivity index (χ0n) is 19.2. The van der Waals surface area contributed by atoms with Gasteiger partial charge in [0, 0.05) is 49.6 Å². The predicted octanol–water partition coefficient (Wildman–Crippen LogP) is 3.36. The molecule has 3 N–H and O–H groups in total. The van der Waals surface area contributed by atoms with E-state index in [1.165, 1.54) is 0 Å². The highest BCUT2D eigenvalue weighted by Gasteiger charge is 2.24. The number of aryl methyl sites for hydroxylation is 2. The summed E-state index contributed by atoms with van der Waals surface area (Å²) in [6.07, 6.45) is 1.02. The van der Waals surface area contributed by atoms with Gasteiger partial charge in [0.1, 0.15) is 17.2 Å². The number of guanidine groups is 1. The van der Waals surface area contributed by atoms with Crippen molar-refractivity contribution in [2.45, 2.75) is 39.8 Å². The maximum Gasteiger partial charge on any atom is 0.191 e. The molecule has 7 heteroatoms. The molecule has 7 nitrogen and oxygen atoms in total. The third-order valence-electron chi connectivity index (χ3n) is 5.55. The van der Waals surface area contributed by atoms with E-state index in [0.29, 0.717) is 18.3 Å². The molecule has 2 aromatic rings. The summed E-state index contributed by atoms with van der Waals surface area (Å²) in [5, 5.41) is 16.9. The standard InChI is InChI=1S/C24H34N4O3/c1-6-25-24(26-14-18-9-16(2)23(29)17(3)10-18)27-19-7-8-28(15-19)20-11-21(30-4)13-22(12-20)31-5/h9-13,19,29H,6-8,14-15H2,1-5H3,(H2,25,26,27). The van der Waals surface area contributed by atoms with Crippen molar-refractivity contribution in [1.29, 1.82) is 0 Å². The number of methoxy groups -OCH3 is 2. The first-order valence-electron chi connectivity index (χ1n) is 10.8. The fourth-order valence-corrected chi connectivity index (χ4v) is 3.91. The van der Waals surface area contributed by atoms with Gasteiger partial charge in [-0.2, -0.15) is 0 Å². The van der Waals surface area contributed by atoms with Crippen LogP contribution in [-0.2, 0) is 6.54 Å². The number of nitrogens with one attached hydrogen (secondary N) is 2. The number of phenolic OH excluding ortho intramolecular Hbond substituents is 1. The van der Waals surface area contributed by atoms with Crippen LogP contribution in [0.2, 0.25) is 0 Å². The molecule has 31 heavy (non-hydrogen) atoms. The molecule has 3 rings (SSSR count). The van der Waals surface area contributed by atoms with Crippen LogP contribution in [0.25, 0.3) is 0 Å². The Morgan fingerprint density at radius 3 is 2.32 bits per heavy atom. The maximum atomic E-state index is 9.99. The molecule has 0 radical (unpaired) electrons. The largest absolute Gasteiger partial charge is 0.507 e. The molecule has 0 aliphatic carbocycles. The normalized spacial score (nSPS) is 16.4. The monoisotopic (exact) mass is 426 g/mol. The second kappa shape index (κ2) is 10.3. The van der Waals surface area contributed by atoms with Gasteiger partial charge in [-0.25, -0.2) is 4.99 Å². The number of ether oxygens (including phenoxy) is 2. The van der Waals surface area contributed by atoms with Crippen molar-refractivity contribution in [3.63, 3.8) is 0 Å². The molecule has 1 unspecified atom stereocenters. The van der Waals surface area contributed by atoms with Crippen molar-refractivity contribution in [3.8, 4) is 17.2 Å². The second-order valence-electron chi connectivity index (χ2n) is 7.92. The third-order valence-corrected chi connectivity index (χ3v) is 5.55. The zero-order chi connectivity index (χ0) is 22.4. The van der Waals surface area contributed by atoms with Crippen molar-refractivity contribution in [3.05, 3.63) is 47.0 Å². The van der Waals surface area contributed by atoms with Crippen molar-refractivity contribution in [2.75, 3.05) is 38.8 Å². The summed E-state index contributed by atoms with van der Waals surface area (Å²) in [6.45, 7) is 9.07. The average Bonchev–Trinajstić information content (AvgIpc) is 3.24. The lowest BCUT2D eigenvalue weighted by Crippen LogP contribution is -2.44. The first kappa shape index (κ1) is 22.6. The molecule has 1 saturated heterocycles. The molecule has 1 fully saturated rings. The molecular weight excluding hydrogens is 392 g/mol. The summed E-state index contributed by atoms with van der Waals surface area (Å²) in [5.74, 6) is 2.75. The minimum absolute atomic E-state index is 0.290. The lowest BCUT2D eigenvalue weighted by atomic mass is 10.1. The van der Waals surface area contributed by atoms with Crippen molar-refractivity contribution in [2.24, 2.45) is 4.99 Å². The Bertz CT molecular complexity index is 884. The Labute approximate surface area is 185 Å². The number of aromatic hydroxyl groups is 1. The first-order chi connectivity index (χ1) is 14.9. The molecule has 1 atom stereocenters. The quantitative estimate of drug-likeness (QED) is 0.466. The first-order valence-corrected chi connectivity index (χ1v) is 10.8. The van der Waals surface area contributed by atoms with E-state index in [-0.39, 0.29) is 0 Å². The second-order valence-corrected chi connectivity index (χ2v) is 7.92. The fourth-order valence-electron chi connectivity index (χ4n) is 3.91. The predicted molar refractivity (Wildman–Crippen MR) is 126 cm³/mol. The molecule has 168 valence electrons. The third kappa shape index (κ3) is 5.75. The summed E-state index contributed by atoms with van der Waals surface area (Å²) in [5.41, 5.74) is 3.94. The van der Waals surface area contributed by atoms with Gasteiger partial charge in [-0.15, -0.1) is 0 Å². The number of rotatable bonds is 7. The smallest absolute Gasteiger partial charge is 0.191 e. The fraction of sp³-hybridized carbons (Fsp3) is 0.458. The van der Waals surface area contributed by atoms with Crippen LogP contribution in [0.4, 0.5) is 5.69 Å². The molecule has 0 aromatic heterocycles. The number of aliphatic imine (C=N–C) groups is 1. The van der Waals surface area contributed by atoms with E-state index in [1.54, 1.807) is 14.2 Å². The molecule has 1 aliphatic rings. The van der Waals surface area contributed by atoms with Crippen LogP contribution >= 0.6 is 0 Å². The van der Waals surface area contributed by atoms with Gasteiger partial charge in [0.15, 0.2) is 5.96 Å². The minimum atomic E-state index is 0.290. The van der Waals surface area contributed by atoms with Gasteiger partial charge in [-0.3, -0.25) is 0 Å². The number of nitrogens with zero attached hydrogens (tertiary/aromatic N) is 2. The molecule has 0 bridgehead atoms. The van der Waals surface area contributed by atoms with Gasteiger partial charge in [0.2, 0.25) is 0 Å². The van der Waals surface area contributed by atoms with Crippen LogP contribution in [0.1, 0.15) is 30.0 Å². The van der Waals surface area contributed by atoms with Gasteiger partial charge in [0.05, 0.1) is 20.8 Å². The van der Waals surface area contributed by atoms with Crippen molar-refractivity contribution < 1.29 is 14.6 Å². The van der Waals surface area contributed by atoms with E-state index < -0.39 is 0 Å². The Kier molecular flexibility index (Phi) is 7.50. The van der Waals surface area contributed by atoms with Gasteiger partial charge in [-0.1, -0.05) is 12.1 Å². The van der Waals surface area contributed by atoms with E-state index in [4.69, 9.17) is 14.5 Å². The molecule has 0 amide bonds.